The van der Waals surface area contributed by atoms with Crippen molar-refractivity contribution in [1.82, 2.24) is 15.1 Å². The van der Waals surface area contributed by atoms with Crippen molar-refractivity contribution in [3.05, 3.63) is 66.2 Å². The molecule has 0 aliphatic carbocycles. The summed E-state index contributed by atoms with van der Waals surface area (Å²) < 4.78 is 5.57. The molecule has 2 aromatic carbocycles. The van der Waals surface area contributed by atoms with E-state index in [1.54, 1.807) is 0 Å². The van der Waals surface area contributed by atoms with Crippen molar-refractivity contribution in [3.8, 4) is 5.75 Å². The Balaban J connectivity index is 1.25. The van der Waals surface area contributed by atoms with Gasteiger partial charge in [-0.2, -0.15) is 0 Å². The van der Waals surface area contributed by atoms with Crippen molar-refractivity contribution in [1.29, 1.82) is 0 Å². The van der Waals surface area contributed by atoms with Gasteiger partial charge in [0.1, 0.15) is 12.4 Å². The van der Waals surface area contributed by atoms with Crippen molar-refractivity contribution in [2.24, 2.45) is 0 Å². The zero-order chi connectivity index (χ0) is 21.0. The van der Waals surface area contributed by atoms with Crippen LogP contribution in [0.25, 0.3) is 0 Å². The third-order valence-corrected chi connectivity index (χ3v) is 5.23. The average Bonchev–Trinajstić information content (AvgIpc) is 2.78. The third-order valence-electron chi connectivity index (χ3n) is 5.23. The topological polar surface area (TPSA) is 61.9 Å². The van der Waals surface area contributed by atoms with E-state index in [2.05, 4.69) is 22.3 Å². The Hall–Kier alpha value is -2.86. The molecule has 3 rings (SSSR count). The van der Waals surface area contributed by atoms with Crippen LogP contribution in [-0.4, -0.2) is 67.5 Å². The van der Waals surface area contributed by atoms with Gasteiger partial charge in [-0.05, 0) is 30.5 Å². The number of rotatable bonds is 10. The molecule has 1 aliphatic rings. The van der Waals surface area contributed by atoms with Gasteiger partial charge in [0.15, 0.2) is 0 Å². The lowest BCUT2D eigenvalue weighted by Gasteiger charge is -2.34. The van der Waals surface area contributed by atoms with Gasteiger partial charge in [0, 0.05) is 32.6 Å². The van der Waals surface area contributed by atoms with Crippen LogP contribution in [0.2, 0.25) is 0 Å². The molecule has 1 saturated heterocycles. The third kappa shape index (κ3) is 7.52. The number of nitrogens with one attached hydrogen (secondary N) is 1. The van der Waals surface area contributed by atoms with Gasteiger partial charge in [0.25, 0.3) is 0 Å². The molecule has 0 bridgehead atoms. The van der Waals surface area contributed by atoms with E-state index in [-0.39, 0.29) is 11.8 Å². The summed E-state index contributed by atoms with van der Waals surface area (Å²) in [5.41, 5.74) is 1.27. The minimum Gasteiger partial charge on any atom is -0.492 e. The van der Waals surface area contributed by atoms with Crippen molar-refractivity contribution < 1.29 is 14.3 Å². The number of benzene rings is 2. The number of carbonyl (C=O) groups is 2. The minimum atomic E-state index is -0.00528. The highest BCUT2D eigenvalue weighted by Gasteiger charge is 2.21. The van der Waals surface area contributed by atoms with E-state index < -0.39 is 0 Å². The number of aryl methyl sites for hydroxylation is 1. The second kappa shape index (κ2) is 12.0. The average molecular weight is 410 g/mol. The molecule has 6 heteroatoms. The fourth-order valence-corrected chi connectivity index (χ4v) is 3.54. The summed E-state index contributed by atoms with van der Waals surface area (Å²) in [6.07, 6.45) is 2.38. The van der Waals surface area contributed by atoms with E-state index in [9.17, 15) is 9.59 Å². The summed E-state index contributed by atoms with van der Waals surface area (Å²) in [5.74, 6) is 1.01. The first-order chi connectivity index (χ1) is 14.7. The standard InChI is InChI=1S/C24H31N3O3/c28-23(25-14-19-30-22-11-5-2-6-12-22)20-26-15-17-27(18-16-26)24(29)13-7-10-21-8-3-1-4-9-21/h1-6,8-9,11-12H,7,10,13-20H2,(H,25,28). The van der Waals surface area contributed by atoms with Crippen LogP contribution in [0.1, 0.15) is 18.4 Å². The highest BCUT2D eigenvalue weighted by atomic mass is 16.5. The number of amides is 2. The van der Waals surface area contributed by atoms with E-state index in [1.807, 2.05) is 53.4 Å². The lowest BCUT2D eigenvalue weighted by atomic mass is 10.1. The summed E-state index contributed by atoms with van der Waals surface area (Å²) in [7, 11) is 0. The van der Waals surface area contributed by atoms with Crippen molar-refractivity contribution >= 4 is 11.8 Å². The van der Waals surface area contributed by atoms with Gasteiger partial charge in [-0.25, -0.2) is 0 Å². The fourth-order valence-electron chi connectivity index (χ4n) is 3.54. The van der Waals surface area contributed by atoms with Gasteiger partial charge in [0.05, 0.1) is 13.1 Å². The molecule has 30 heavy (non-hydrogen) atoms. The number of ether oxygens (including phenoxy) is 1. The predicted molar refractivity (Wildman–Crippen MR) is 117 cm³/mol. The first-order valence-electron chi connectivity index (χ1n) is 10.7. The summed E-state index contributed by atoms with van der Waals surface area (Å²) in [4.78, 5) is 28.6. The molecule has 1 aliphatic heterocycles. The van der Waals surface area contributed by atoms with Crippen molar-refractivity contribution in [2.75, 3.05) is 45.9 Å². The van der Waals surface area contributed by atoms with Gasteiger partial charge < -0.3 is 15.0 Å². The Kier molecular flexibility index (Phi) is 8.72. The van der Waals surface area contributed by atoms with Gasteiger partial charge in [-0.15, -0.1) is 0 Å². The van der Waals surface area contributed by atoms with Crippen LogP contribution in [0.4, 0.5) is 0 Å². The summed E-state index contributed by atoms with van der Waals surface area (Å²) in [6, 6.07) is 19.8. The molecule has 0 radical (unpaired) electrons. The van der Waals surface area contributed by atoms with E-state index in [0.717, 1.165) is 31.7 Å². The van der Waals surface area contributed by atoms with Crippen LogP contribution in [0.3, 0.4) is 0 Å². The largest absolute Gasteiger partial charge is 0.492 e. The minimum absolute atomic E-state index is 0.00528. The molecule has 0 spiro atoms. The van der Waals surface area contributed by atoms with Crippen LogP contribution >= 0.6 is 0 Å². The van der Waals surface area contributed by atoms with Crippen LogP contribution in [0.15, 0.2) is 60.7 Å². The molecular weight excluding hydrogens is 378 g/mol. The number of nitrogens with zero attached hydrogens (tertiary/aromatic N) is 2. The van der Waals surface area contributed by atoms with E-state index in [0.29, 0.717) is 39.2 Å². The van der Waals surface area contributed by atoms with Gasteiger partial charge in [-0.1, -0.05) is 48.5 Å². The lowest BCUT2D eigenvalue weighted by molar-refractivity contribution is -0.133. The normalized spacial score (nSPS) is 14.3. The summed E-state index contributed by atoms with van der Waals surface area (Å²) in [5, 5.41) is 2.89. The monoisotopic (exact) mass is 409 g/mol. The first kappa shape index (κ1) is 21.8. The molecule has 1 fully saturated rings. The number of hydrogen-bond donors (Lipinski definition) is 1. The molecule has 0 atom stereocenters. The maximum Gasteiger partial charge on any atom is 0.234 e. The molecule has 0 saturated carbocycles. The molecular formula is C24H31N3O3. The highest BCUT2D eigenvalue weighted by molar-refractivity contribution is 5.78. The zero-order valence-electron chi connectivity index (χ0n) is 17.5. The molecule has 2 aromatic rings. The Morgan fingerprint density at radius 2 is 1.57 bits per heavy atom. The van der Waals surface area contributed by atoms with Crippen LogP contribution in [-0.2, 0) is 16.0 Å². The first-order valence-corrected chi connectivity index (χ1v) is 10.7. The molecule has 160 valence electrons. The molecule has 1 heterocycles. The molecule has 6 nitrogen and oxygen atoms in total. The van der Waals surface area contributed by atoms with Gasteiger partial charge in [-0.3, -0.25) is 14.5 Å². The SMILES string of the molecule is O=C(CN1CCN(C(=O)CCCc2ccccc2)CC1)NCCOc1ccccc1. The maximum absolute atomic E-state index is 12.4. The number of hydrogen-bond acceptors (Lipinski definition) is 4. The predicted octanol–water partition coefficient (Wildman–Crippen LogP) is 2.35. The Morgan fingerprint density at radius 3 is 2.27 bits per heavy atom. The van der Waals surface area contributed by atoms with Crippen LogP contribution < -0.4 is 10.1 Å². The lowest BCUT2D eigenvalue weighted by Crippen LogP contribution is -2.51. The number of piperazine rings is 1. The zero-order valence-corrected chi connectivity index (χ0v) is 17.5. The van der Waals surface area contributed by atoms with Crippen LogP contribution in [0.5, 0.6) is 5.75 Å². The molecule has 2 amide bonds. The van der Waals surface area contributed by atoms with E-state index in [1.165, 1.54) is 5.56 Å². The van der Waals surface area contributed by atoms with Gasteiger partial charge in [0.2, 0.25) is 11.8 Å². The number of para-hydroxylation sites is 1. The van der Waals surface area contributed by atoms with Gasteiger partial charge >= 0.3 is 0 Å². The Morgan fingerprint density at radius 1 is 0.900 bits per heavy atom. The van der Waals surface area contributed by atoms with E-state index in [4.69, 9.17) is 4.74 Å². The molecule has 0 unspecified atom stereocenters. The number of carbonyl (C=O) groups excluding carboxylic acids is 2. The molecule has 1 N–H and O–H groups in total. The fraction of sp³-hybridized carbons (Fsp3) is 0.417. The summed E-state index contributed by atoms with van der Waals surface area (Å²) in [6.45, 7) is 4.13. The quantitative estimate of drug-likeness (QED) is 0.612. The van der Waals surface area contributed by atoms with E-state index >= 15 is 0 Å². The Labute approximate surface area is 178 Å². The maximum atomic E-state index is 12.4. The second-order valence-corrected chi connectivity index (χ2v) is 7.51. The Bertz CT molecular complexity index is 775. The summed E-state index contributed by atoms with van der Waals surface area (Å²) >= 11 is 0. The van der Waals surface area contributed by atoms with Crippen molar-refractivity contribution in [3.63, 3.8) is 0 Å². The highest BCUT2D eigenvalue weighted by Crippen LogP contribution is 2.09. The second-order valence-electron chi connectivity index (χ2n) is 7.51. The van der Waals surface area contributed by atoms with Crippen LogP contribution in [0, 0.1) is 0 Å². The van der Waals surface area contributed by atoms with Crippen molar-refractivity contribution in [2.45, 2.75) is 19.3 Å². The molecule has 0 aromatic heterocycles. The smallest absolute Gasteiger partial charge is 0.234 e.